The van der Waals surface area contributed by atoms with Crippen molar-refractivity contribution in [3.8, 4) is 17.6 Å². The number of nitriles is 1. The van der Waals surface area contributed by atoms with Gasteiger partial charge in [-0.05, 0) is 49.9 Å². The number of hydrogen-bond acceptors (Lipinski definition) is 3. The predicted molar refractivity (Wildman–Crippen MR) is 80.1 cm³/mol. The van der Waals surface area contributed by atoms with Gasteiger partial charge >= 0.3 is 0 Å². The van der Waals surface area contributed by atoms with Crippen LogP contribution in [0.3, 0.4) is 0 Å². The van der Waals surface area contributed by atoms with Crippen LogP contribution in [0.4, 0.5) is 4.39 Å². The van der Waals surface area contributed by atoms with Gasteiger partial charge in [0, 0.05) is 6.04 Å². The Bertz CT molecular complexity index is 697. The van der Waals surface area contributed by atoms with Crippen molar-refractivity contribution >= 4 is 11.6 Å². The van der Waals surface area contributed by atoms with E-state index < -0.39 is 5.82 Å². The molecule has 3 nitrogen and oxygen atoms in total. The summed E-state index contributed by atoms with van der Waals surface area (Å²) in [4.78, 5) is 0. The van der Waals surface area contributed by atoms with Crippen molar-refractivity contribution in [2.75, 3.05) is 7.05 Å². The first-order valence-electron chi connectivity index (χ1n) is 6.39. The van der Waals surface area contributed by atoms with Crippen molar-refractivity contribution in [1.82, 2.24) is 5.32 Å². The van der Waals surface area contributed by atoms with Gasteiger partial charge in [-0.3, -0.25) is 0 Å². The van der Waals surface area contributed by atoms with Gasteiger partial charge in [-0.25, -0.2) is 4.39 Å². The number of nitrogens with one attached hydrogen (secondary N) is 1. The molecule has 1 N–H and O–H groups in total. The number of benzene rings is 2. The minimum absolute atomic E-state index is 0.0327. The van der Waals surface area contributed by atoms with E-state index in [1.54, 1.807) is 12.1 Å². The summed E-state index contributed by atoms with van der Waals surface area (Å²) in [6.07, 6.45) is 0. The van der Waals surface area contributed by atoms with Crippen LogP contribution in [0, 0.1) is 17.1 Å². The van der Waals surface area contributed by atoms with Gasteiger partial charge in [0.15, 0.2) is 11.6 Å². The third-order valence-corrected chi connectivity index (χ3v) is 3.47. The molecule has 0 saturated carbocycles. The number of hydrogen-bond donors (Lipinski definition) is 1. The maximum absolute atomic E-state index is 13.8. The number of nitrogens with zero attached hydrogens (tertiary/aromatic N) is 1. The number of halogens is 2. The Morgan fingerprint density at radius 2 is 1.95 bits per heavy atom. The van der Waals surface area contributed by atoms with E-state index in [4.69, 9.17) is 21.6 Å². The maximum atomic E-state index is 13.8. The van der Waals surface area contributed by atoms with Gasteiger partial charge in [0.1, 0.15) is 5.75 Å². The molecule has 0 aliphatic heterocycles. The Balaban J connectivity index is 2.26. The fourth-order valence-electron chi connectivity index (χ4n) is 1.81. The van der Waals surface area contributed by atoms with Crippen molar-refractivity contribution in [2.24, 2.45) is 0 Å². The van der Waals surface area contributed by atoms with Crippen molar-refractivity contribution in [3.05, 3.63) is 58.4 Å². The summed E-state index contributed by atoms with van der Waals surface area (Å²) in [7, 11) is 1.86. The molecule has 0 spiro atoms. The van der Waals surface area contributed by atoms with Crippen molar-refractivity contribution < 1.29 is 9.13 Å². The molecule has 2 aromatic rings. The molecule has 0 bridgehead atoms. The Morgan fingerprint density at radius 3 is 2.52 bits per heavy atom. The topological polar surface area (TPSA) is 45.0 Å². The van der Waals surface area contributed by atoms with Crippen LogP contribution < -0.4 is 10.1 Å². The van der Waals surface area contributed by atoms with Gasteiger partial charge in [0.05, 0.1) is 16.7 Å². The van der Waals surface area contributed by atoms with Gasteiger partial charge in [-0.2, -0.15) is 5.26 Å². The lowest BCUT2D eigenvalue weighted by molar-refractivity contribution is 0.442. The summed E-state index contributed by atoms with van der Waals surface area (Å²) >= 11 is 6.16. The normalized spacial score (nSPS) is 11.8. The van der Waals surface area contributed by atoms with E-state index in [0.29, 0.717) is 10.8 Å². The maximum Gasteiger partial charge on any atom is 0.167 e. The first kappa shape index (κ1) is 15.3. The largest absolute Gasteiger partial charge is 0.453 e. The van der Waals surface area contributed by atoms with Gasteiger partial charge in [0.25, 0.3) is 0 Å². The van der Waals surface area contributed by atoms with Gasteiger partial charge < -0.3 is 10.1 Å². The monoisotopic (exact) mass is 304 g/mol. The summed E-state index contributed by atoms with van der Waals surface area (Å²) in [5.74, 6) is -0.199. The first-order chi connectivity index (χ1) is 10.0. The van der Waals surface area contributed by atoms with Crippen LogP contribution in [0.1, 0.15) is 24.1 Å². The molecule has 0 aliphatic rings. The molecule has 0 aliphatic carbocycles. The highest BCUT2D eigenvalue weighted by Crippen LogP contribution is 2.32. The second kappa shape index (κ2) is 6.57. The lowest BCUT2D eigenvalue weighted by Crippen LogP contribution is -2.12. The zero-order chi connectivity index (χ0) is 15.4. The molecule has 2 aromatic carbocycles. The first-order valence-corrected chi connectivity index (χ1v) is 6.77. The van der Waals surface area contributed by atoms with Gasteiger partial charge in [-0.15, -0.1) is 0 Å². The molecular formula is C16H14ClFN2O. The zero-order valence-electron chi connectivity index (χ0n) is 11.7. The van der Waals surface area contributed by atoms with E-state index in [1.807, 2.05) is 26.1 Å². The Labute approximate surface area is 127 Å². The molecule has 0 amide bonds. The highest BCUT2D eigenvalue weighted by atomic mass is 35.5. The van der Waals surface area contributed by atoms with Crippen molar-refractivity contribution in [1.29, 1.82) is 5.26 Å². The molecule has 0 fully saturated rings. The van der Waals surface area contributed by atoms with E-state index in [1.165, 1.54) is 12.1 Å². The SMILES string of the molecule is CNC(C)c1ccc(Oc2ccc(C#N)cc2F)c(Cl)c1. The minimum Gasteiger partial charge on any atom is -0.453 e. The number of ether oxygens (including phenoxy) is 1. The van der Waals surface area contributed by atoms with Crippen LogP contribution in [0.2, 0.25) is 5.02 Å². The Hall–Kier alpha value is -2.09. The molecule has 0 radical (unpaired) electrons. The van der Waals surface area contributed by atoms with E-state index in [9.17, 15) is 4.39 Å². The summed E-state index contributed by atoms with van der Waals surface area (Å²) in [5.41, 5.74) is 1.25. The average molecular weight is 305 g/mol. The lowest BCUT2D eigenvalue weighted by atomic mass is 10.1. The van der Waals surface area contributed by atoms with Crippen LogP contribution in [0.25, 0.3) is 0 Å². The molecule has 1 atom stereocenters. The molecule has 2 rings (SSSR count). The van der Waals surface area contributed by atoms with E-state index in [0.717, 1.165) is 11.6 Å². The van der Waals surface area contributed by atoms with Crippen LogP contribution >= 0.6 is 11.6 Å². The highest BCUT2D eigenvalue weighted by molar-refractivity contribution is 6.32. The Kier molecular flexibility index (Phi) is 4.79. The molecule has 5 heteroatoms. The lowest BCUT2D eigenvalue weighted by Gasteiger charge is -2.13. The fourth-order valence-corrected chi connectivity index (χ4v) is 2.04. The third kappa shape index (κ3) is 3.52. The second-order valence-corrected chi connectivity index (χ2v) is 4.97. The van der Waals surface area contributed by atoms with Gasteiger partial charge in [-0.1, -0.05) is 17.7 Å². The molecular weight excluding hydrogens is 291 g/mol. The van der Waals surface area contributed by atoms with Crippen LogP contribution in [-0.2, 0) is 0 Å². The van der Waals surface area contributed by atoms with E-state index in [-0.39, 0.29) is 17.4 Å². The zero-order valence-corrected chi connectivity index (χ0v) is 12.4. The molecule has 21 heavy (non-hydrogen) atoms. The van der Waals surface area contributed by atoms with Crippen LogP contribution in [0.5, 0.6) is 11.5 Å². The fraction of sp³-hybridized carbons (Fsp3) is 0.188. The Morgan fingerprint density at radius 1 is 1.24 bits per heavy atom. The summed E-state index contributed by atoms with van der Waals surface area (Å²) in [6.45, 7) is 2.01. The molecule has 0 aromatic heterocycles. The van der Waals surface area contributed by atoms with Crippen LogP contribution in [-0.4, -0.2) is 7.05 Å². The molecule has 0 heterocycles. The second-order valence-electron chi connectivity index (χ2n) is 4.56. The standard InChI is InChI=1S/C16H14ClFN2O/c1-10(20-2)12-4-6-15(13(17)8-12)21-16-5-3-11(9-19)7-14(16)18/h3-8,10,20H,1-2H3. The quantitative estimate of drug-likeness (QED) is 0.909. The van der Waals surface area contributed by atoms with Crippen LogP contribution in [0.15, 0.2) is 36.4 Å². The third-order valence-electron chi connectivity index (χ3n) is 3.17. The van der Waals surface area contributed by atoms with Gasteiger partial charge in [0.2, 0.25) is 0 Å². The number of rotatable bonds is 4. The highest BCUT2D eigenvalue weighted by Gasteiger charge is 2.11. The van der Waals surface area contributed by atoms with E-state index >= 15 is 0 Å². The molecule has 108 valence electrons. The van der Waals surface area contributed by atoms with Crippen molar-refractivity contribution in [3.63, 3.8) is 0 Å². The minimum atomic E-state index is -0.599. The molecule has 0 saturated heterocycles. The average Bonchev–Trinajstić information content (AvgIpc) is 2.50. The summed E-state index contributed by atoms with van der Waals surface area (Å²) in [6, 6.07) is 11.4. The molecule has 1 unspecified atom stereocenters. The summed E-state index contributed by atoms with van der Waals surface area (Å²) < 4.78 is 19.3. The summed E-state index contributed by atoms with van der Waals surface area (Å²) in [5, 5.41) is 12.2. The predicted octanol–water partition coefficient (Wildman–Crippen LogP) is 4.42. The smallest absolute Gasteiger partial charge is 0.167 e. The van der Waals surface area contributed by atoms with E-state index in [2.05, 4.69) is 5.32 Å². The van der Waals surface area contributed by atoms with Crippen molar-refractivity contribution in [2.45, 2.75) is 13.0 Å².